The fraction of sp³-hybridized carbons (Fsp3) is 0.727. The number of ether oxygens (including phenoxy) is 1. The lowest BCUT2D eigenvalue weighted by atomic mass is 9.95. The molecule has 1 fully saturated rings. The van der Waals surface area contributed by atoms with Crippen LogP contribution in [0.25, 0.3) is 0 Å². The second-order valence-corrected chi connectivity index (χ2v) is 4.31. The van der Waals surface area contributed by atoms with Gasteiger partial charge >= 0.3 is 0 Å². The van der Waals surface area contributed by atoms with Gasteiger partial charge in [0, 0.05) is 18.8 Å². The molecule has 1 aliphatic heterocycles. The summed E-state index contributed by atoms with van der Waals surface area (Å²) < 4.78 is 7.84. The highest BCUT2D eigenvalue weighted by atomic mass is 16.5. The lowest BCUT2D eigenvalue weighted by molar-refractivity contribution is 0.0501. The first-order valence-corrected chi connectivity index (χ1v) is 5.65. The van der Waals surface area contributed by atoms with Crippen molar-refractivity contribution in [1.29, 1.82) is 0 Å². The minimum Gasteiger partial charge on any atom is -0.470 e. The number of piperidine rings is 1. The van der Waals surface area contributed by atoms with E-state index >= 15 is 0 Å². The molecule has 1 aliphatic rings. The van der Waals surface area contributed by atoms with E-state index in [9.17, 15) is 0 Å². The molecule has 1 N–H and O–H groups in total. The molecular formula is C11H19N3O. The summed E-state index contributed by atoms with van der Waals surface area (Å²) in [6.07, 6.45) is 4.05. The number of hydrogen-bond donors (Lipinski definition) is 1. The van der Waals surface area contributed by atoms with Gasteiger partial charge in [0.15, 0.2) is 0 Å². The molecule has 0 amide bonds. The summed E-state index contributed by atoms with van der Waals surface area (Å²) >= 11 is 0. The zero-order valence-corrected chi connectivity index (χ0v) is 9.49. The second kappa shape index (κ2) is 4.23. The molecule has 15 heavy (non-hydrogen) atoms. The van der Waals surface area contributed by atoms with Crippen LogP contribution in [0.1, 0.15) is 26.7 Å². The summed E-state index contributed by atoms with van der Waals surface area (Å²) in [6, 6.07) is 1.94. The molecule has 1 aromatic rings. The highest BCUT2D eigenvalue weighted by Gasteiger charge is 2.29. The Morgan fingerprint density at radius 3 is 2.87 bits per heavy atom. The smallest absolute Gasteiger partial charge is 0.233 e. The number of aryl methyl sites for hydroxylation is 1. The number of nitrogens with zero attached hydrogens (tertiary/aromatic N) is 2. The van der Waals surface area contributed by atoms with Gasteiger partial charge in [-0.1, -0.05) is 0 Å². The van der Waals surface area contributed by atoms with Crippen LogP contribution in [-0.2, 0) is 6.54 Å². The van der Waals surface area contributed by atoms with E-state index in [1.54, 1.807) is 0 Å². The summed E-state index contributed by atoms with van der Waals surface area (Å²) in [5.41, 5.74) is -0.0435. The van der Waals surface area contributed by atoms with E-state index in [1.165, 1.54) is 0 Å². The van der Waals surface area contributed by atoms with E-state index in [4.69, 9.17) is 4.74 Å². The van der Waals surface area contributed by atoms with Crippen molar-refractivity contribution in [2.75, 3.05) is 13.1 Å². The fourth-order valence-electron chi connectivity index (χ4n) is 1.88. The van der Waals surface area contributed by atoms with Crippen molar-refractivity contribution < 1.29 is 4.74 Å². The van der Waals surface area contributed by atoms with E-state index in [1.807, 2.05) is 16.9 Å². The van der Waals surface area contributed by atoms with Crippen molar-refractivity contribution in [3.8, 4) is 5.88 Å². The van der Waals surface area contributed by atoms with Crippen LogP contribution < -0.4 is 10.1 Å². The van der Waals surface area contributed by atoms with Crippen molar-refractivity contribution in [3.63, 3.8) is 0 Å². The summed E-state index contributed by atoms with van der Waals surface area (Å²) in [6.45, 7) is 7.19. The molecule has 0 aliphatic carbocycles. The third-order valence-electron chi connectivity index (χ3n) is 2.95. The Kier molecular flexibility index (Phi) is 2.95. The highest BCUT2D eigenvalue weighted by molar-refractivity contribution is 5.08. The molecular weight excluding hydrogens is 190 g/mol. The lowest BCUT2D eigenvalue weighted by Gasteiger charge is -2.33. The minimum absolute atomic E-state index is 0.0435. The Labute approximate surface area is 90.6 Å². The van der Waals surface area contributed by atoms with Crippen molar-refractivity contribution in [2.45, 2.75) is 38.8 Å². The number of nitrogens with one attached hydrogen (secondary N) is 1. The zero-order chi connectivity index (χ0) is 10.7. The van der Waals surface area contributed by atoms with Gasteiger partial charge < -0.3 is 10.1 Å². The predicted molar refractivity (Wildman–Crippen MR) is 59.0 cm³/mol. The molecule has 4 nitrogen and oxygen atoms in total. The van der Waals surface area contributed by atoms with Crippen molar-refractivity contribution in [2.24, 2.45) is 0 Å². The van der Waals surface area contributed by atoms with Gasteiger partial charge in [-0.15, -0.1) is 5.10 Å². The van der Waals surface area contributed by atoms with Crippen LogP contribution in [0.2, 0.25) is 0 Å². The van der Waals surface area contributed by atoms with Gasteiger partial charge in [-0.05, 0) is 39.8 Å². The summed E-state index contributed by atoms with van der Waals surface area (Å²) in [7, 11) is 0. The molecule has 2 rings (SSSR count). The monoisotopic (exact) mass is 209 g/mol. The number of hydrogen-bond acceptors (Lipinski definition) is 3. The normalized spacial score (nSPS) is 20.1. The molecule has 2 heterocycles. The molecule has 0 radical (unpaired) electrons. The summed E-state index contributed by atoms with van der Waals surface area (Å²) in [5.74, 6) is 0.751. The predicted octanol–water partition coefficient (Wildman–Crippen LogP) is 1.42. The first-order valence-electron chi connectivity index (χ1n) is 5.65. The summed E-state index contributed by atoms with van der Waals surface area (Å²) in [4.78, 5) is 0. The molecule has 0 unspecified atom stereocenters. The molecule has 0 spiro atoms. The summed E-state index contributed by atoms with van der Waals surface area (Å²) in [5, 5.41) is 7.68. The highest BCUT2D eigenvalue weighted by Crippen LogP contribution is 2.24. The average molecular weight is 209 g/mol. The van der Waals surface area contributed by atoms with Crippen molar-refractivity contribution in [1.82, 2.24) is 15.1 Å². The lowest BCUT2D eigenvalue weighted by Crippen LogP contribution is -2.43. The Bertz CT molecular complexity index is 315. The van der Waals surface area contributed by atoms with Crippen LogP contribution in [0.5, 0.6) is 5.88 Å². The van der Waals surface area contributed by atoms with Crippen LogP contribution in [-0.4, -0.2) is 28.5 Å². The van der Waals surface area contributed by atoms with Gasteiger partial charge in [-0.25, -0.2) is 0 Å². The van der Waals surface area contributed by atoms with E-state index < -0.39 is 0 Å². The first-order chi connectivity index (χ1) is 7.22. The van der Waals surface area contributed by atoms with Crippen LogP contribution in [0.15, 0.2) is 12.3 Å². The van der Waals surface area contributed by atoms with Crippen LogP contribution >= 0.6 is 0 Å². The SMILES string of the molecule is CCn1ccc(OC2(C)CCNCC2)n1. The maximum Gasteiger partial charge on any atom is 0.233 e. The Morgan fingerprint density at radius 1 is 1.53 bits per heavy atom. The molecule has 0 atom stereocenters. The maximum atomic E-state index is 5.95. The van der Waals surface area contributed by atoms with E-state index in [0.29, 0.717) is 0 Å². The third kappa shape index (κ3) is 2.50. The Balaban J connectivity index is 2.00. The first kappa shape index (κ1) is 10.5. The molecule has 0 bridgehead atoms. The van der Waals surface area contributed by atoms with Gasteiger partial charge in [0.1, 0.15) is 5.60 Å². The van der Waals surface area contributed by atoms with Crippen molar-refractivity contribution in [3.05, 3.63) is 12.3 Å². The number of aromatic nitrogens is 2. The Hall–Kier alpha value is -1.03. The Morgan fingerprint density at radius 2 is 2.27 bits per heavy atom. The topological polar surface area (TPSA) is 39.1 Å². The minimum atomic E-state index is -0.0435. The van der Waals surface area contributed by atoms with Gasteiger partial charge in [-0.2, -0.15) is 0 Å². The van der Waals surface area contributed by atoms with Crippen LogP contribution in [0.3, 0.4) is 0 Å². The van der Waals surface area contributed by atoms with Gasteiger partial charge in [0.05, 0.1) is 0 Å². The van der Waals surface area contributed by atoms with E-state index in [0.717, 1.165) is 38.4 Å². The van der Waals surface area contributed by atoms with Gasteiger partial charge in [0.25, 0.3) is 0 Å². The molecule has 1 saturated heterocycles. The quantitative estimate of drug-likeness (QED) is 0.818. The van der Waals surface area contributed by atoms with Gasteiger partial charge in [-0.3, -0.25) is 4.68 Å². The van der Waals surface area contributed by atoms with Crippen LogP contribution in [0, 0.1) is 0 Å². The van der Waals surface area contributed by atoms with Gasteiger partial charge in [0.2, 0.25) is 5.88 Å². The van der Waals surface area contributed by atoms with Crippen LogP contribution in [0.4, 0.5) is 0 Å². The number of rotatable bonds is 3. The molecule has 0 saturated carbocycles. The fourth-order valence-corrected chi connectivity index (χ4v) is 1.88. The van der Waals surface area contributed by atoms with Crippen molar-refractivity contribution >= 4 is 0 Å². The largest absolute Gasteiger partial charge is 0.470 e. The maximum absolute atomic E-state index is 5.95. The molecule has 0 aromatic carbocycles. The standard InChI is InChI=1S/C11H19N3O/c1-3-14-9-4-10(13-14)15-11(2)5-7-12-8-6-11/h4,9,12H,3,5-8H2,1-2H3. The second-order valence-electron chi connectivity index (χ2n) is 4.31. The third-order valence-corrected chi connectivity index (χ3v) is 2.95. The zero-order valence-electron chi connectivity index (χ0n) is 9.49. The average Bonchev–Trinajstić information content (AvgIpc) is 2.66. The molecule has 1 aromatic heterocycles. The van der Waals surface area contributed by atoms with E-state index in [-0.39, 0.29) is 5.60 Å². The molecule has 84 valence electrons. The van der Waals surface area contributed by atoms with E-state index in [2.05, 4.69) is 24.3 Å². The molecule has 4 heteroatoms.